The number of carboxylic acids is 1. The van der Waals surface area contributed by atoms with Gasteiger partial charge in [0.1, 0.15) is 18.1 Å². The molecule has 0 spiro atoms. The van der Waals surface area contributed by atoms with Gasteiger partial charge >= 0.3 is 5.97 Å². The predicted octanol–water partition coefficient (Wildman–Crippen LogP) is 4.88. The molecule has 0 aliphatic heterocycles. The van der Waals surface area contributed by atoms with Gasteiger partial charge < -0.3 is 14.6 Å². The first-order valence-corrected chi connectivity index (χ1v) is 11.0. The van der Waals surface area contributed by atoms with Gasteiger partial charge in [-0.2, -0.15) is 0 Å². The summed E-state index contributed by atoms with van der Waals surface area (Å²) in [5.74, 6) is 6.57. The standard InChI is InChI=1S/C29H29NO4/c1-22-20-26(15-16-28(22)34-21-29(31)32)33-19-17-27(24-9-5-4-6-10-24)25-13-11-23(12-14-25)8-7-18-30(2)3/h4-6,9-17,20H,18-19,21H2,1-3H3,(H,31,32)/b27-17-. The molecule has 34 heavy (non-hydrogen) atoms. The molecule has 3 rings (SSSR count). The van der Waals surface area contributed by atoms with E-state index in [-0.39, 0.29) is 6.61 Å². The monoisotopic (exact) mass is 455 g/mol. The van der Waals surface area contributed by atoms with E-state index in [2.05, 4.69) is 42.2 Å². The minimum atomic E-state index is -1.01. The highest BCUT2D eigenvalue weighted by atomic mass is 16.5. The zero-order valence-electron chi connectivity index (χ0n) is 19.7. The summed E-state index contributed by atoms with van der Waals surface area (Å²) < 4.78 is 11.2. The lowest BCUT2D eigenvalue weighted by molar-refractivity contribution is -0.139. The molecule has 0 aliphatic carbocycles. The second kappa shape index (κ2) is 12.3. The summed E-state index contributed by atoms with van der Waals surface area (Å²) in [7, 11) is 4.00. The van der Waals surface area contributed by atoms with Crippen LogP contribution in [0.4, 0.5) is 0 Å². The van der Waals surface area contributed by atoms with E-state index in [0.717, 1.165) is 34.4 Å². The number of nitrogens with zero attached hydrogens (tertiary/aromatic N) is 1. The van der Waals surface area contributed by atoms with Crippen LogP contribution >= 0.6 is 0 Å². The fourth-order valence-corrected chi connectivity index (χ4v) is 3.29. The topological polar surface area (TPSA) is 59.0 Å². The Kier molecular flexibility index (Phi) is 8.90. The number of benzene rings is 3. The largest absolute Gasteiger partial charge is 0.489 e. The number of rotatable bonds is 9. The van der Waals surface area contributed by atoms with Gasteiger partial charge in [0, 0.05) is 5.56 Å². The molecule has 0 atom stereocenters. The van der Waals surface area contributed by atoms with E-state index in [1.165, 1.54) is 0 Å². The lowest BCUT2D eigenvalue weighted by Crippen LogP contribution is -2.10. The number of aliphatic carboxylic acids is 1. The van der Waals surface area contributed by atoms with E-state index >= 15 is 0 Å². The van der Waals surface area contributed by atoms with Crippen LogP contribution < -0.4 is 9.47 Å². The fraction of sp³-hybridized carbons (Fsp3) is 0.207. The Morgan fingerprint density at radius 1 is 0.971 bits per heavy atom. The van der Waals surface area contributed by atoms with Gasteiger partial charge in [0.25, 0.3) is 0 Å². The molecule has 0 fully saturated rings. The van der Waals surface area contributed by atoms with Crippen molar-refractivity contribution in [1.82, 2.24) is 4.90 Å². The van der Waals surface area contributed by atoms with E-state index in [9.17, 15) is 4.79 Å². The fourth-order valence-electron chi connectivity index (χ4n) is 3.29. The second-order valence-corrected chi connectivity index (χ2v) is 8.02. The molecule has 0 aromatic heterocycles. The highest BCUT2D eigenvalue weighted by Crippen LogP contribution is 2.26. The van der Waals surface area contributed by atoms with Crippen molar-refractivity contribution in [2.75, 3.05) is 33.9 Å². The molecule has 0 saturated carbocycles. The number of hydrogen-bond acceptors (Lipinski definition) is 4. The van der Waals surface area contributed by atoms with Crippen LogP contribution in [0.25, 0.3) is 5.57 Å². The smallest absolute Gasteiger partial charge is 0.341 e. The van der Waals surface area contributed by atoms with Crippen LogP contribution in [0, 0.1) is 18.8 Å². The van der Waals surface area contributed by atoms with Crippen molar-refractivity contribution in [2.24, 2.45) is 0 Å². The second-order valence-electron chi connectivity index (χ2n) is 8.02. The van der Waals surface area contributed by atoms with Crippen LogP contribution in [0.1, 0.15) is 22.3 Å². The van der Waals surface area contributed by atoms with Gasteiger partial charge in [0.15, 0.2) is 6.61 Å². The van der Waals surface area contributed by atoms with Crippen LogP contribution in [-0.2, 0) is 4.79 Å². The summed E-state index contributed by atoms with van der Waals surface area (Å²) >= 11 is 0. The van der Waals surface area contributed by atoms with Gasteiger partial charge in [-0.05, 0) is 79.7 Å². The van der Waals surface area contributed by atoms with Crippen LogP contribution in [0.15, 0.2) is 78.9 Å². The number of hydrogen-bond donors (Lipinski definition) is 1. The Labute approximate surface area is 201 Å². The zero-order chi connectivity index (χ0) is 24.3. The molecule has 174 valence electrons. The molecular weight excluding hydrogens is 426 g/mol. The van der Waals surface area contributed by atoms with Crippen LogP contribution in [0.2, 0.25) is 0 Å². The average Bonchev–Trinajstić information content (AvgIpc) is 2.82. The van der Waals surface area contributed by atoms with Gasteiger partial charge in [-0.3, -0.25) is 4.90 Å². The normalized spacial score (nSPS) is 11.0. The van der Waals surface area contributed by atoms with Gasteiger partial charge in [-0.1, -0.05) is 54.3 Å². The molecule has 3 aromatic rings. The Balaban J connectivity index is 1.75. The molecule has 0 bridgehead atoms. The van der Waals surface area contributed by atoms with Crippen LogP contribution in [0.3, 0.4) is 0 Å². The van der Waals surface area contributed by atoms with Crippen molar-refractivity contribution < 1.29 is 19.4 Å². The maximum absolute atomic E-state index is 10.7. The SMILES string of the molecule is Cc1cc(OC/C=C(/c2ccccc2)c2ccc(C#CCN(C)C)cc2)ccc1OCC(=O)O. The van der Waals surface area contributed by atoms with E-state index in [1.807, 2.05) is 62.3 Å². The summed E-state index contributed by atoms with van der Waals surface area (Å²) in [6.45, 7) is 2.59. The molecule has 0 amide bonds. The maximum atomic E-state index is 10.7. The Hall–Kier alpha value is -4.01. The lowest BCUT2D eigenvalue weighted by atomic mass is 9.97. The van der Waals surface area contributed by atoms with Gasteiger partial charge in [0.2, 0.25) is 0 Å². The molecule has 3 aromatic carbocycles. The molecule has 0 unspecified atom stereocenters. The maximum Gasteiger partial charge on any atom is 0.341 e. The van der Waals surface area contributed by atoms with Crippen molar-refractivity contribution in [1.29, 1.82) is 0 Å². The third-order valence-electron chi connectivity index (χ3n) is 4.94. The van der Waals surface area contributed by atoms with Crippen LogP contribution in [0.5, 0.6) is 11.5 Å². The molecule has 1 N–H and O–H groups in total. The summed E-state index contributed by atoms with van der Waals surface area (Å²) in [5, 5.41) is 8.79. The number of ether oxygens (including phenoxy) is 2. The molecular formula is C29H29NO4. The van der Waals surface area contributed by atoms with Crippen molar-refractivity contribution in [3.05, 3.63) is 101 Å². The number of carbonyl (C=O) groups is 1. The van der Waals surface area contributed by atoms with E-state index in [0.29, 0.717) is 18.1 Å². The average molecular weight is 456 g/mol. The van der Waals surface area contributed by atoms with Gasteiger partial charge in [0.05, 0.1) is 6.54 Å². The first-order valence-electron chi connectivity index (χ1n) is 11.0. The first-order chi connectivity index (χ1) is 16.4. The molecule has 5 nitrogen and oxygen atoms in total. The first kappa shape index (κ1) is 24.6. The van der Waals surface area contributed by atoms with E-state index in [1.54, 1.807) is 12.1 Å². The Morgan fingerprint density at radius 3 is 2.32 bits per heavy atom. The number of aryl methyl sites for hydroxylation is 1. The minimum Gasteiger partial charge on any atom is -0.489 e. The van der Waals surface area contributed by atoms with Crippen molar-refractivity contribution in [3.63, 3.8) is 0 Å². The zero-order valence-corrected chi connectivity index (χ0v) is 19.7. The van der Waals surface area contributed by atoms with Gasteiger partial charge in [-0.25, -0.2) is 4.79 Å². The van der Waals surface area contributed by atoms with Crippen molar-refractivity contribution in [3.8, 4) is 23.3 Å². The van der Waals surface area contributed by atoms with Crippen molar-refractivity contribution in [2.45, 2.75) is 6.92 Å². The summed E-state index contributed by atoms with van der Waals surface area (Å²) in [6.07, 6.45) is 2.06. The highest BCUT2D eigenvalue weighted by molar-refractivity contribution is 5.80. The summed E-state index contributed by atoms with van der Waals surface area (Å²) in [5.41, 5.74) is 5.06. The quantitative estimate of drug-likeness (QED) is 0.466. The molecule has 5 heteroatoms. The summed E-state index contributed by atoms with van der Waals surface area (Å²) in [4.78, 5) is 12.8. The Bertz CT molecular complexity index is 1190. The van der Waals surface area contributed by atoms with E-state index in [4.69, 9.17) is 14.6 Å². The summed E-state index contributed by atoms with van der Waals surface area (Å²) in [6, 6.07) is 23.8. The third-order valence-corrected chi connectivity index (χ3v) is 4.94. The molecule has 0 radical (unpaired) electrons. The predicted molar refractivity (Wildman–Crippen MR) is 135 cm³/mol. The van der Waals surface area contributed by atoms with Crippen LogP contribution in [-0.4, -0.2) is 49.8 Å². The third kappa shape index (κ3) is 7.54. The van der Waals surface area contributed by atoms with Gasteiger partial charge in [-0.15, -0.1) is 0 Å². The van der Waals surface area contributed by atoms with E-state index < -0.39 is 5.97 Å². The molecule has 0 saturated heterocycles. The van der Waals surface area contributed by atoms with Crippen molar-refractivity contribution >= 4 is 11.5 Å². The Morgan fingerprint density at radius 2 is 1.68 bits per heavy atom. The number of carboxylic acid groups (broad SMARTS) is 1. The highest BCUT2D eigenvalue weighted by Gasteiger charge is 2.07. The molecule has 0 heterocycles. The molecule has 0 aliphatic rings. The lowest BCUT2D eigenvalue weighted by Gasteiger charge is -2.12. The minimum absolute atomic E-state index is 0.371.